The topological polar surface area (TPSA) is 56.7 Å². The lowest BCUT2D eigenvalue weighted by Crippen LogP contribution is -2.16. The second kappa shape index (κ2) is 2.97. The average molecular weight is 192 g/mol. The van der Waals surface area contributed by atoms with Crippen LogP contribution in [0.2, 0.25) is 0 Å². The zero-order valence-electron chi connectivity index (χ0n) is 8.26. The molecule has 3 unspecified atom stereocenters. The van der Waals surface area contributed by atoms with Crippen LogP contribution < -0.4 is 5.73 Å². The molecule has 76 valence electrons. The second-order valence-corrected chi connectivity index (χ2v) is 4.76. The minimum atomic E-state index is 0.394. The number of nitrogens with two attached hydrogens (primary N) is 1. The highest BCUT2D eigenvalue weighted by Crippen LogP contribution is 2.51. The number of nitrogen functional groups attached to an aromatic ring is 1. The van der Waals surface area contributed by atoms with Crippen LogP contribution in [0, 0.1) is 17.8 Å². The molecule has 14 heavy (non-hydrogen) atoms. The predicted molar refractivity (Wildman–Crippen MR) is 53.4 cm³/mol. The van der Waals surface area contributed by atoms with Crippen LogP contribution in [0.1, 0.15) is 25.7 Å². The van der Waals surface area contributed by atoms with Crippen molar-refractivity contribution in [2.45, 2.75) is 32.2 Å². The second-order valence-electron chi connectivity index (χ2n) is 4.76. The van der Waals surface area contributed by atoms with Crippen molar-refractivity contribution >= 4 is 5.95 Å². The highest BCUT2D eigenvalue weighted by Gasteiger charge is 2.41. The summed E-state index contributed by atoms with van der Waals surface area (Å²) in [5.74, 6) is 3.31. The average Bonchev–Trinajstić information content (AvgIpc) is 2.82. The monoisotopic (exact) mass is 192 g/mol. The maximum atomic E-state index is 5.48. The van der Waals surface area contributed by atoms with Gasteiger partial charge >= 0.3 is 0 Å². The van der Waals surface area contributed by atoms with Gasteiger partial charge in [0.2, 0.25) is 5.95 Å². The van der Waals surface area contributed by atoms with Crippen LogP contribution >= 0.6 is 0 Å². The van der Waals surface area contributed by atoms with Gasteiger partial charge in [-0.2, -0.15) is 0 Å². The molecule has 1 heterocycles. The molecule has 0 aromatic carbocycles. The molecule has 0 amide bonds. The summed E-state index contributed by atoms with van der Waals surface area (Å²) >= 11 is 0. The Balaban J connectivity index is 1.61. The Morgan fingerprint density at radius 1 is 1.36 bits per heavy atom. The molecule has 1 aromatic rings. The van der Waals surface area contributed by atoms with Gasteiger partial charge in [-0.05, 0) is 43.4 Å². The third-order valence-corrected chi connectivity index (χ3v) is 3.65. The number of hydrogen-bond acceptors (Lipinski definition) is 3. The van der Waals surface area contributed by atoms with Gasteiger partial charge in [-0.25, -0.2) is 4.98 Å². The summed E-state index contributed by atoms with van der Waals surface area (Å²) in [5, 5.41) is 4.13. The number of aromatic nitrogens is 3. The first-order valence-corrected chi connectivity index (χ1v) is 5.46. The first kappa shape index (κ1) is 8.26. The Bertz CT molecular complexity index is 333. The first-order chi connectivity index (χ1) is 6.81. The van der Waals surface area contributed by atoms with E-state index in [9.17, 15) is 0 Å². The van der Waals surface area contributed by atoms with Crippen LogP contribution in [-0.2, 0) is 6.54 Å². The van der Waals surface area contributed by atoms with Crippen molar-refractivity contribution in [2.75, 3.05) is 5.73 Å². The van der Waals surface area contributed by atoms with E-state index in [0.717, 1.165) is 24.3 Å². The summed E-state index contributed by atoms with van der Waals surface area (Å²) in [6, 6.07) is 0. The summed E-state index contributed by atoms with van der Waals surface area (Å²) < 4.78 is 1.89. The summed E-state index contributed by atoms with van der Waals surface area (Å²) in [6.45, 7) is 1.01. The van der Waals surface area contributed by atoms with Crippen molar-refractivity contribution in [3.63, 3.8) is 0 Å². The Morgan fingerprint density at radius 3 is 3.00 bits per heavy atom. The van der Waals surface area contributed by atoms with Crippen molar-refractivity contribution in [1.82, 2.24) is 14.8 Å². The molecule has 0 radical (unpaired) electrons. The van der Waals surface area contributed by atoms with Crippen LogP contribution in [0.3, 0.4) is 0 Å². The number of anilines is 1. The van der Waals surface area contributed by atoms with E-state index in [0.29, 0.717) is 5.95 Å². The van der Waals surface area contributed by atoms with Gasteiger partial charge in [0, 0.05) is 6.54 Å². The van der Waals surface area contributed by atoms with Gasteiger partial charge in [0.1, 0.15) is 6.33 Å². The molecule has 4 nitrogen and oxygen atoms in total. The van der Waals surface area contributed by atoms with E-state index in [1.54, 1.807) is 6.33 Å². The van der Waals surface area contributed by atoms with Crippen LogP contribution in [0.25, 0.3) is 0 Å². The van der Waals surface area contributed by atoms with Gasteiger partial charge < -0.3 is 5.73 Å². The molecule has 1 aromatic heterocycles. The third-order valence-electron chi connectivity index (χ3n) is 3.65. The van der Waals surface area contributed by atoms with Crippen LogP contribution in [-0.4, -0.2) is 14.8 Å². The van der Waals surface area contributed by atoms with Gasteiger partial charge in [0.15, 0.2) is 0 Å². The molecule has 3 rings (SSSR count). The molecular weight excluding hydrogens is 176 g/mol. The number of rotatable bonds is 2. The van der Waals surface area contributed by atoms with Gasteiger partial charge in [0.25, 0.3) is 0 Å². The minimum absolute atomic E-state index is 0.394. The van der Waals surface area contributed by atoms with Crippen molar-refractivity contribution in [3.05, 3.63) is 6.33 Å². The highest BCUT2D eigenvalue weighted by molar-refractivity contribution is 5.09. The summed E-state index contributed by atoms with van der Waals surface area (Å²) in [5.41, 5.74) is 5.48. The van der Waals surface area contributed by atoms with Gasteiger partial charge in [-0.15, -0.1) is 5.10 Å². The van der Waals surface area contributed by atoms with Gasteiger partial charge in [-0.3, -0.25) is 4.68 Å². The van der Waals surface area contributed by atoms with E-state index in [1.165, 1.54) is 25.7 Å². The Labute approximate surface area is 83.5 Å². The molecule has 0 bridgehead atoms. The third kappa shape index (κ3) is 1.49. The van der Waals surface area contributed by atoms with Crippen molar-refractivity contribution in [3.8, 4) is 0 Å². The molecule has 2 fully saturated rings. The van der Waals surface area contributed by atoms with Crippen LogP contribution in [0.5, 0.6) is 0 Å². The Kier molecular flexibility index (Phi) is 1.75. The molecule has 2 N–H and O–H groups in total. The van der Waals surface area contributed by atoms with E-state index in [2.05, 4.69) is 10.1 Å². The van der Waals surface area contributed by atoms with E-state index < -0.39 is 0 Å². The molecule has 0 saturated heterocycles. The molecule has 3 atom stereocenters. The fourth-order valence-corrected chi connectivity index (χ4v) is 2.78. The Hall–Kier alpha value is -1.06. The van der Waals surface area contributed by atoms with Gasteiger partial charge in [-0.1, -0.05) is 0 Å². The number of nitrogens with zero attached hydrogens (tertiary/aromatic N) is 3. The lowest BCUT2D eigenvalue weighted by molar-refractivity contribution is 0.297. The lowest BCUT2D eigenvalue weighted by Gasteiger charge is -2.20. The molecule has 2 saturated carbocycles. The van der Waals surface area contributed by atoms with Crippen LogP contribution in [0.4, 0.5) is 5.95 Å². The summed E-state index contributed by atoms with van der Waals surface area (Å²) in [7, 11) is 0. The zero-order valence-corrected chi connectivity index (χ0v) is 8.26. The van der Waals surface area contributed by atoms with Crippen molar-refractivity contribution < 1.29 is 0 Å². The quantitative estimate of drug-likeness (QED) is 0.768. The molecular formula is C10H16N4. The highest BCUT2D eigenvalue weighted by atomic mass is 15.4. The maximum Gasteiger partial charge on any atom is 0.239 e. The normalized spacial score (nSPS) is 35.3. The number of fused-ring (bicyclic) bond motifs is 1. The van der Waals surface area contributed by atoms with E-state index in [4.69, 9.17) is 5.73 Å². The smallest absolute Gasteiger partial charge is 0.239 e. The van der Waals surface area contributed by atoms with E-state index >= 15 is 0 Å². The zero-order chi connectivity index (χ0) is 9.54. The van der Waals surface area contributed by atoms with E-state index in [-0.39, 0.29) is 0 Å². The fraction of sp³-hybridized carbons (Fsp3) is 0.800. The Morgan fingerprint density at radius 2 is 2.29 bits per heavy atom. The predicted octanol–water partition coefficient (Wildman–Crippen LogP) is 1.30. The van der Waals surface area contributed by atoms with Crippen molar-refractivity contribution in [2.24, 2.45) is 17.8 Å². The summed E-state index contributed by atoms with van der Waals surface area (Å²) in [4.78, 5) is 3.94. The molecule has 4 heteroatoms. The molecule has 0 aliphatic heterocycles. The van der Waals surface area contributed by atoms with Gasteiger partial charge in [0.05, 0.1) is 0 Å². The maximum absolute atomic E-state index is 5.48. The SMILES string of the molecule is Nc1ncn(CC2CCC3CC3C2)n1. The lowest BCUT2D eigenvalue weighted by atomic mass is 9.89. The minimum Gasteiger partial charge on any atom is -0.367 e. The molecule has 0 spiro atoms. The van der Waals surface area contributed by atoms with Crippen molar-refractivity contribution in [1.29, 1.82) is 0 Å². The fourth-order valence-electron chi connectivity index (χ4n) is 2.78. The standard InChI is InChI=1S/C10H16N4/c11-10-12-6-14(13-10)5-7-1-2-8-4-9(8)3-7/h6-9H,1-5H2,(H2,11,13). The van der Waals surface area contributed by atoms with E-state index in [1.807, 2.05) is 4.68 Å². The summed E-state index contributed by atoms with van der Waals surface area (Å²) in [6.07, 6.45) is 7.41. The molecule has 2 aliphatic carbocycles. The number of hydrogen-bond donors (Lipinski definition) is 1. The largest absolute Gasteiger partial charge is 0.367 e. The van der Waals surface area contributed by atoms with Crippen LogP contribution in [0.15, 0.2) is 6.33 Å². The first-order valence-electron chi connectivity index (χ1n) is 5.46. The molecule has 2 aliphatic rings.